The van der Waals surface area contributed by atoms with Crippen molar-refractivity contribution in [2.45, 2.75) is 13.1 Å². The second-order valence-corrected chi connectivity index (χ2v) is 6.40. The summed E-state index contributed by atoms with van der Waals surface area (Å²) in [7, 11) is 0. The normalized spacial score (nSPS) is 11.1. The lowest BCUT2D eigenvalue weighted by Gasteiger charge is -2.04. The molecule has 1 N–H and O–H groups in total. The first-order valence-electron chi connectivity index (χ1n) is 6.21. The lowest BCUT2D eigenvalue weighted by Crippen LogP contribution is -2.12. The minimum absolute atomic E-state index is 0.236. The fourth-order valence-corrected chi connectivity index (χ4v) is 3.32. The van der Waals surface area contributed by atoms with Crippen LogP contribution in [0.5, 0.6) is 0 Å². The Kier molecular flexibility index (Phi) is 4.10. The van der Waals surface area contributed by atoms with Gasteiger partial charge in [0.2, 0.25) is 0 Å². The van der Waals surface area contributed by atoms with Crippen molar-refractivity contribution in [3.05, 3.63) is 63.3 Å². The molecule has 0 saturated heterocycles. The SMILES string of the molecule is Fc1ccc(CNCc2nc3ccccc3s2)cc1Br. The van der Waals surface area contributed by atoms with Gasteiger partial charge in [0.1, 0.15) is 10.8 Å². The van der Waals surface area contributed by atoms with E-state index in [1.54, 1.807) is 23.5 Å². The summed E-state index contributed by atoms with van der Waals surface area (Å²) in [5, 5.41) is 4.39. The fraction of sp³-hybridized carbons (Fsp3) is 0.133. The maximum atomic E-state index is 13.1. The molecule has 2 aromatic carbocycles. The first-order valence-corrected chi connectivity index (χ1v) is 7.82. The molecule has 0 bridgehead atoms. The topological polar surface area (TPSA) is 24.9 Å². The maximum Gasteiger partial charge on any atom is 0.137 e. The molecule has 3 rings (SSSR count). The number of benzene rings is 2. The molecule has 0 fully saturated rings. The second kappa shape index (κ2) is 5.99. The molecule has 0 spiro atoms. The first kappa shape index (κ1) is 13.7. The van der Waals surface area contributed by atoms with Crippen LogP contribution in [0.1, 0.15) is 10.6 Å². The number of hydrogen-bond donors (Lipinski definition) is 1. The Labute approximate surface area is 128 Å². The van der Waals surface area contributed by atoms with Crippen molar-refractivity contribution >= 4 is 37.5 Å². The number of thiazole rings is 1. The van der Waals surface area contributed by atoms with Crippen LogP contribution in [0.25, 0.3) is 10.2 Å². The van der Waals surface area contributed by atoms with Crippen molar-refractivity contribution < 1.29 is 4.39 Å². The molecule has 3 aromatic rings. The smallest absolute Gasteiger partial charge is 0.137 e. The summed E-state index contributed by atoms with van der Waals surface area (Å²) in [4.78, 5) is 4.56. The monoisotopic (exact) mass is 350 g/mol. The van der Waals surface area contributed by atoms with Crippen LogP contribution in [0, 0.1) is 5.82 Å². The Morgan fingerprint density at radius 3 is 2.80 bits per heavy atom. The van der Waals surface area contributed by atoms with E-state index >= 15 is 0 Å². The summed E-state index contributed by atoms with van der Waals surface area (Å²) in [6, 6.07) is 13.2. The molecule has 0 aliphatic carbocycles. The van der Waals surface area contributed by atoms with Gasteiger partial charge in [-0.15, -0.1) is 11.3 Å². The second-order valence-electron chi connectivity index (χ2n) is 4.43. The highest BCUT2D eigenvalue weighted by Crippen LogP contribution is 2.21. The Morgan fingerprint density at radius 1 is 1.15 bits per heavy atom. The van der Waals surface area contributed by atoms with Gasteiger partial charge in [0, 0.05) is 13.1 Å². The Balaban J connectivity index is 1.63. The highest BCUT2D eigenvalue weighted by Gasteiger charge is 2.03. The molecule has 0 saturated carbocycles. The number of aromatic nitrogens is 1. The molecular weight excluding hydrogens is 339 g/mol. The highest BCUT2D eigenvalue weighted by atomic mass is 79.9. The third-order valence-corrected chi connectivity index (χ3v) is 4.57. The molecule has 5 heteroatoms. The summed E-state index contributed by atoms with van der Waals surface area (Å²) in [5.74, 6) is -0.236. The van der Waals surface area contributed by atoms with Crippen LogP contribution in [0.2, 0.25) is 0 Å². The minimum Gasteiger partial charge on any atom is -0.306 e. The van der Waals surface area contributed by atoms with Gasteiger partial charge in [-0.1, -0.05) is 18.2 Å². The molecule has 1 heterocycles. The van der Waals surface area contributed by atoms with E-state index in [1.807, 2.05) is 18.2 Å². The molecule has 0 unspecified atom stereocenters. The number of hydrogen-bond acceptors (Lipinski definition) is 3. The van der Waals surface area contributed by atoms with Crippen LogP contribution < -0.4 is 5.32 Å². The van der Waals surface area contributed by atoms with E-state index in [-0.39, 0.29) is 5.82 Å². The van der Waals surface area contributed by atoms with Crippen molar-refractivity contribution in [3.63, 3.8) is 0 Å². The first-order chi connectivity index (χ1) is 9.72. The lowest BCUT2D eigenvalue weighted by molar-refractivity contribution is 0.618. The zero-order valence-corrected chi connectivity index (χ0v) is 13.0. The van der Waals surface area contributed by atoms with Crippen molar-refractivity contribution in [2.24, 2.45) is 0 Å². The van der Waals surface area contributed by atoms with Crippen LogP contribution in [-0.2, 0) is 13.1 Å². The Hall–Kier alpha value is -1.30. The molecule has 1 aromatic heterocycles. The van der Waals surface area contributed by atoms with Gasteiger partial charge in [-0.3, -0.25) is 0 Å². The number of rotatable bonds is 4. The van der Waals surface area contributed by atoms with Crippen molar-refractivity contribution in [2.75, 3.05) is 0 Å². The van der Waals surface area contributed by atoms with E-state index in [9.17, 15) is 4.39 Å². The summed E-state index contributed by atoms with van der Waals surface area (Å²) in [6.07, 6.45) is 0. The quantitative estimate of drug-likeness (QED) is 0.749. The Bertz CT molecular complexity index is 709. The zero-order valence-electron chi connectivity index (χ0n) is 10.6. The summed E-state index contributed by atoms with van der Waals surface area (Å²) in [5.41, 5.74) is 2.08. The van der Waals surface area contributed by atoms with Gasteiger partial charge in [0.25, 0.3) is 0 Å². The molecule has 0 aliphatic heterocycles. The number of nitrogens with zero attached hydrogens (tertiary/aromatic N) is 1. The third kappa shape index (κ3) is 3.06. The van der Waals surface area contributed by atoms with Gasteiger partial charge < -0.3 is 5.32 Å². The average Bonchev–Trinajstić information content (AvgIpc) is 2.85. The third-order valence-electron chi connectivity index (χ3n) is 2.93. The number of para-hydroxylation sites is 1. The molecule has 0 aliphatic rings. The van der Waals surface area contributed by atoms with E-state index in [0.29, 0.717) is 17.6 Å². The molecule has 0 radical (unpaired) electrons. The fourth-order valence-electron chi connectivity index (χ4n) is 1.96. The Morgan fingerprint density at radius 2 is 2.00 bits per heavy atom. The number of halogens is 2. The number of nitrogens with one attached hydrogen (secondary N) is 1. The average molecular weight is 351 g/mol. The maximum absolute atomic E-state index is 13.1. The minimum atomic E-state index is -0.236. The van der Waals surface area contributed by atoms with Gasteiger partial charge in [-0.05, 0) is 45.8 Å². The van der Waals surface area contributed by atoms with Crippen molar-refractivity contribution in [3.8, 4) is 0 Å². The molecule has 0 atom stereocenters. The zero-order chi connectivity index (χ0) is 13.9. The van der Waals surface area contributed by atoms with Crippen LogP contribution >= 0.6 is 27.3 Å². The van der Waals surface area contributed by atoms with Crippen molar-refractivity contribution in [1.29, 1.82) is 0 Å². The molecular formula is C15H12BrFN2S. The van der Waals surface area contributed by atoms with E-state index in [2.05, 4.69) is 32.3 Å². The largest absolute Gasteiger partial charge is 0.306 e. The van der Waals surface area contributed by atoms with Crippen LogP contribution in [0.3, 0.4) is 0 Å². The van der Waals surface area contributed by atoms with E-state index in [0.717, 1.165) is 16.1 Å². The molecule has 2 nitrogen and oxygen atoms in total. The van der Waals surface area contributed by atoms with E-state index < -0.39 is 0 Å². The van der Waals surface area contributed by atoms with E-state index in [1.165, 1.54) is 10.8 Å². The summed E-state index contributed by atoms with van der Waals surface area (Å²) >= 11 is 4.89. The molecule has 102 valence electrons. The van der Waals surface area contributed by atoms with Crippen molar-refractivity contribution in [1.82, 2.24) is 10.3 Å². The van der Waals surface area contributed by atoms with Gasteiger partial charge in [0.15, 0.2) is 0 Å². The highest BCUT2D eigenvalue weighted by molar-refractivity contribution is 9.10. The summed E-state index contributed by atoms with van der Waals surface area (Å²) in [6.45, 7) is 1.41. The molecule has 0 amide bonds. The van der Waals surface area contributed by atoms with Gasteiger partial charge in [0.05, 0.1) is 14.7 Å². The van der Waals surface area contributed by atoms with E-state index in [4.69, 9.17) is 0 Å². The predicted molar refractivity (Wildman–Crippen MR) is 84.3 cm³/mol. The molecule has 20 heavy (non-hydrogen) atoms. The lowest BCUT2D eigenvalue weighted by atomic mass is 10.2. The van der Waals surface area contributed by atoms with Crippen LogP contribution in [0.15, 0.2) is 46.9 Å². The van der Waals surface area contributed by atoms with Gasteiger partial charge in [-0.25, -0.2) is 9.37 Å². The number of fused-ring (bicyclic) bond motifs is 1. The summed E-state index contributed by atoms with van der Waals surface area (Å²) < 4.78 is 14.8. The van der Waals surface area contributed by atoms with Crippen LogP contribution in [0.4, 0.5) is 4.39 Å². The standard InChI is InChI=1S/C15H12BrFN2S/c16-11-7-10(5-6-12(11)17)8-18-9-15-19-13-3-1-2-4-14(13)20-15/h1-7,18H,8-9H2. The van der Waals surface area contributed by atoms with Crippen LogP contribution in [-0.4, -0.2) is 4.98 Å². The predicted octanol–water partition coefficient (Wildman–Crippen LogP) is 4.49. The van der Waals surface area contributed by atoms with Gasteiger partial charge in [-0.2, -0.15) is 0 Å². The van der Waals surface area contributed by atoms with Gasteiger partial charge >= 0.3 is 0 Å².